The fourth-order valence-corrected chi connectivity index (χ4v) is 2.37. The highest BCUT2D eigenvalue weighted by Crippen LogP contribution is 2.42. The van der Waals surface area contributed by atoms with Gasteiger partial charge in [-0.1, -0.05) is 29.4 Å². The number of ether oxygens (including phenoxy) is 1. The summed E-state index contributed by atoms with van der Waals surface area (Å²) >= 11 is 0. The molecule has 1 aromatic carbocycles. The molecule has 2 rings (SSSR count). The molecule has 0 amide bonds. The second-order valence-corrected chi connectivity index (χ2v) is 6.00. The fourth-order valence-electron chi connectivity index (χ4n) is 2.37. The van der Waals surface area contributed by atoms with Crippen LogP contribution in [-0.4, -0.2) is 40.0 Å². The summed E-state index contributed by atoms with van der Waals surface area (Å²) in [5.41, 5.74) is -1.36. The lowest BCUT2D eigenvalue weighted by molar-refractivity contribution is -0.291. The summed E-state index contributed by atoms with van der Waals surface area (Å²) in [5.74, 6) is -5.96. The van der Waals surface area contributed by atoms with Crippen LogP contribution in [0.15, 0.2) is 48.1 Å². The Balaban J connectivity index is 2.22. The van der Waals surface area contributed by atoms with Crippen molar-refractivity contribution in [2.75, 3.05) is 7.11 Å². The van der Waals surface area contributed by atoms with E-state index in [2.05, 4.69) is 19.9 Å². The molecule has 166 valence electrons. The third-order valence-electron chi connectivity index (χ3n) is 3.98. The second-order valence-electron chi connectivity index (χ2n) is 6.00. The monoisotopic (exact) mass is 445 g/mol. The number of rotatable bonds is 7. The lowest BCUT2D eigenvalue weighted by Gasteiger charge is -2.18. The number of benzene rings is 1. The molecule has 0 aliphatic heterocycles. The predicted octanol–water partition coefficient (Wildman–Crippen LogP) is 4.14. The number of aliphatic hydroxyl groups excluding tert-OH is 1. The van der Waals surface area contributed by atoms with Crippen molar-refractivity contribution >= 4 is 17.3 Å². The molecule has 0 aliphatic rings. The maximum absolute atomic E-state index is 13.5. The van der Waals surface area contributed by atoms with E-state index >= 15 is 0 Å². The molecule has 0 saturated heterocycles. The topological polar surface area (TPSA) is 93.9 Å². The first kappa shape index (κ1) is 23.7. The van der Waals surface area contributed by atoms with Gasteiger partial charge in [-0.05, 0) is 18.6 Å². The molecule has 1 aromatic heterocycles. The molecular formula is C19H16F5N3O4. The molecule has 0 atom stereocenters. The maximum Gasteiger partial charge on any atom is 0.459 e. The first-order valence-electron chi connectivity index (χ1n) is 8.48. The number of carbonyl (C=O) groups excluding carboxylic acids is 1. The number of aliphatic hydroxyl groups is 1. The van der Waals surface area contributed by atoms with Crippen LogP contribution >= 0.6 is 0 Å². The van der Waals surface area contributed by atoms with E-state index in [9.17, 15) is 31.9 Å². The SMILES string of the molecule is COC(=O)/C(=C/O)c1ccccc1CO/N=C(\C)c1cc(C(F)(F)C(F)(F)F)ncn1. The quantitative estimate of drug-likeness (QED) is 0.172. The van der Waals surface area contributed by atoms with Crippen LogP contribution in [-0.2, 0) is 26.9 Å². The van der Waals surface area contributed by atoms with Gasteiger partial charge in [0.15, 0.2) is 0 Å². The summed E-state index contributed by atoms with van der Waals surface area (Å²) in [6, 6.07) is 6.78. The minimum atomic E-state index is -5.82. The Labute approximate surface area is 172 Å². The van der Waals surface area contributed by atoms with Crippen molar-refractivity contribution in [1.29, 1.82) is 0 Å². The number of methoxy groups -OCH3 is 1. The zero-order chi connectivity index (χ0) is 23.2. The molecule has 0 spiro atoms. The number of oxime groups is 1. The molecule has 1 heterocycles. The van der Waals surface area contributed by atoms with Gasteiger partial charge in [0, 0.05) is 5.56 Å². The first-order valence-corrected chi connectivity index (χ1v) is 8.48. The van der Waals surface area contributed by atoms with Gasteiger partial charge in [0.2, 0.25) is 0 Å². The van der Waals surface area contributed by atoms with Gasteiger partial charge in [0.25, 0.3) is 0 Å². The largest absolute Gasteiger partial charge is 0.515 e. The summed E-state index contributed by atoms with van der Waals surface area (Å²) in [7, 11) is 1.14. The summed E-state index contributed by atoms with van der Waals surface area (Å²) in [6.45, 7) is 1.07. The zero-order valence-corrected chi connectivity index (χ0v) is 16.2. The van der Waals surface area contributed by atoms with Gasteiger partial charge in [-0.2, -0.15) is 22.0 Å². The first-order chi connectivity index (χ1) is 14.5. The Kier molecular flexibility index (Phi) is 7.26. The van der Waals surface area contributed by atoms with Gasteiger partial charge in [-0.25, -0.2) is 14.8 Å². The Bertz CT molecular complexity index is 1010. The molecule has 2 aromatic rings. The van der Waals surface area contributed by atoms with Crippen molar-refractivity contribution < 1.29 is 41.4 Å². The number of halogens is 5. The summed E-state index contributed by atoms with van der Waals surface area (Å²) in [4.78, 5) is 23.5. The van der Waals surface area contributed by atoms with Crippen LogP contribution < -0.4 is 0 Å². The van der Waals surface area contributed by atoms with Crippen molar-refractivity contribution in [2.45, 2.75) is 25.6 Å². The summed E-state index contributed by atoms with van der Waals surface area (Å²) in [6.07, 6.45) is -4.68. The van der Waals surface area contributed by atoms with Gasteiger partial charge in [-0.15, -0.1) is 0 Å². The van der Waals surface area contributed by atoms with Crippen molar-refractivity contribution in [1.82, 2.24) is 9.97 Å². The molecule has 0 fully saturated rings. The summed E-state index contributed by atoms with van der Waals surface area (Å²) in [5, 5.41) is 13.0. The third-order valence-corrected chi connectivity index (χ3v) is 3.98. The van der Waals surface area contributed by atoms with Crippen molar-refractivity contribution in [3.05, 3.63) is 65.4 Å². The molecule has 0 unspecified atom stereocenters. The fraction of sp³-hybridized carbons (Fsp3) is 0.263. The van der Waals surface area contributed by atoms with Crippen LogP contribution in [0.25, 0.3) is 5.57 Å². The van der Waals surface area contributed by atoms with Crippen molar-refractivity contribution in [2.24, 2.45) is 5.16 Å². The third kappa shape index (κ3) is 5.32. The molecule has 12 heteroatoms. The van der Waals surface area contributed by atoms with E-state index in [1.54, 1.807) is 18.2 Å². The maximum atomic E-state index is 13.5. The molecule has 0 radical (unpaired) electrons. The number of aromatic nitrogens is 2. The Morgan fingerprint density at radius 1 is 1.19 bits per heavy atom. The number of alkyl halides is 5. The predicted molar refractivity (Wildman–Crippen MR) is 98.0 cm³/mol. The molecule has 7 nitrogen and oxygen atoms in total. The highest BCUT2D eigenvalue weighted by molar-refractivity contribution is 6.16. The summed E-state index contributed by atoms with van der Waals surface area (Å²) < 4.78 is 69.1. The van der Waals surface area contributed by atoms with Crippen LogP contribution in [0, 0.1) is 0 Å². The van der Waals surface area contributed by atoms with Crippen LogP contribution in [0.2, 0.25) is 0 Å². The van der Waals surface area contributed by atoms with Gasteiger partial charge >= 0.3 is 18.1 Å². The normalized spacial score (nSPS) is 13.1. The van der Waals surface area contributed by atoms with Crippen LogP contribution in [0.4, 0.5) is 22.0 Å². The minimum Gasteiger partial charge on any atom is -0.515 e. The van der Waals surface area contributed by atoms with Crippen LogP contribution in [0.1, 0.15) is 29.4 Å². The highest BCUT2D eigenvalue weighted by atomic mass is 19.4. The van der Waals surface area contributed by atoms with E-state index in [0.717, 1.165) is 7.11 Å². The van der Waals surface area contributed by atoms with Crippen molar-refractivity contribution in [3.8, 4) is 0 Å². The average molecular weight is 445 g/mol. The van der Waals surface area contributed by atoms with E-state index in [1.807, 2.05) is 0 Å². The smallest absolute Gasteiger partial charge is 0.459 e. The standard InChI is InChI=1S/C19H16F5N3O4/c1-11(15-7-16(26-10-25-15)18(20,21)19(22,23)24)27-31-9-12-5-3-4-6-13(12)14(8-28)17(29)30-2/h3-8,10,28H,9H2,1-2H3/b14-8+,27-11+. The highest BCUT2D eigenvalue weighted by Gasteiger charge is 2.60. The minimum absolute atomic E-state index is 0.0926. The van der Waals surface area contributed by atoms with E-state index < -0.39 is 23.8 Å². The van der Waals surface area contributed by atoms with Gasteiger partial charge in [0.1, 0.15) is 29.9 Å². The lowest BCUT2D eigenvalue weighted by atomic mass is 10.0. The van der Waals surface area contributed by atoms with E-state index in [-0.39, 0.29) is 23.6 Å². The van der Waals surface area contributed by atoms with E-state index in [4.69, 9.17) is 4.84 Å². The Hall–Kier alpha value is -3.57. The van der Waals surface area contributed by atoms with E-state index in [0.29, 0.717) is 29.8 Å². The van der Waals surface area contributed by atoms with Gasteiger partial charge in [-0.3, -0.25) is 0 Å². The number of esters is 1. The van der Waals surface area contributed by atoms with E-state index in [1.165, 1.54) is 13.0 Å². The number of nitrogens with zero attached hydrogens (tertiary/aromatic N) is 3. The second kappa shape index (κ2) is 9.49. The van der Waals surface area contributed by atoms with Gasteiger partial charge < -0.3 is 14.7 Å². The van der Waals surface area contributed by atoms with Crippen LogP contribution in [0.5, 0.6) is 0 Å². The van der Waals surface area contributed by atoms with Crippen LogP contribution in [0.3, 0.4) is 0 Å². The molecular weight excluding hydrogens is 429 g/mol. The lowest BCUT2D eigenvalue weighted by Crippen LogP contribution is -2.34. The van der Waals surface area contributed by atoms with Gasteiger partial charge in [0.05, 0.1) is 19.1 Å². The molecule has 0 aliphatic carbocycles. The Morgan fingerprint density at radius 3 is 2.48 bits per heavy atom. The number of carbonyl (C=O) groups is 1. The Morgan fingerprint density at radius 2 is 1.87 bits per heavy atom. The molecule has 31 heavy (non-hydrogen) atoms. The van der Waals surface area contributed by atoms with Crippen molar-refractivity contribution in [3.63, 3.8) is 0 Å². The zero-order valence-electron chi connectivity index (χ0n) is 16.2. The molecule has 0 bridgehead atoms. The molecule has 1 N–H and O–H groups in total. The number of hydrogen-bond donors (Lipinski definition) is 1. The molecule has 0 saturated carbocycles. The number of hydrogen-bond acceptors (Lipinski definition) is 7. The average Bonchev–Trinajstić information content (AvgIpc) is 2.74.